The van der Waals surface area contributed by atoms with Crippen molar-refractivity contribution < 1.29 is 23.5 Å². The molecule has 0 saturated heterocycles. The summed E-state index contributed by atoms with van der Waals surface area (Å²) < 4.78 is 23.7. The zero-order chi connectivity index (χ0) is 20.0. The fourth-order valence-electron chi connectivity index (χ4n) is 2.08. The number of methoxy groups -OCH3 is 1. The second-order valence-electron chi connectivity index (χ2n) is 5.39. The first kappa shape index (κ1) is 20.7. The molecule has 2 rings (SSSR count). The molecule has 0 radical (unpaired) electrons. The summed E-state index contributed by atoms with van der Waals surface area (Å²) in [6.45, 7) is 1.41. The molecular weight excluding hydrogens is 396 g/mol. The van der Waals surface area contributed by atoms with Crippen LogP contribution in [0.4, 0.5) is 10.1 Å². The molecule has 1 amide bonds. The summed E-state index contributed by atoms with van der Waals surface area (Å²) in [5, 5.41) is 3.05. The van der Waals surface area contributed by atoms with E-state index in [4.69, 9.17) is 32.7 Å². The van der Waals surface area contributed by atoms with Crippen LogP contribution in [0.3, 0.4) is 0 Å². The van der Waals surface area contributed by atoms with Crippen molar-refractivity contribution in [2.45, 2.75) is 13.0 Å². The Morgan fingerprint density at radius 2 is 1.93 bits per heavy atom. The number of nitrogens with one attached hydrogen (secondary N) is 1. The Morgan fingerprint density at radius 3 is 2.56 bits per heavy atom. The third kappa shape index (κ3) is 5.70. The van der Waals surface area contributed by atoms with Gasteiger partial charge in [-0.1, -0.05) is 29.3 Å². The number of carbonyl (C=O) groups excluding carboxylic acids is 2. The van der Waals surface area contributed by atoms with Gasteiger partial charge in [0.2, 0.25) is 0 Å². The van der Waals surface area contributed by atoms with Gasteiger partial charge >= 0.3 is 5.97 Å². The maximum Gasteiger partial charge on any atom is 0.331 e. The normalized spacial score (nSPS) is 11.9. The quantitative estimate of drug-likeness (QED) is 0.551. The number of carbonyl (C=O) groups is 2. The molecule has 0 aliphatic rings. The third-order valence-corrected chi connectivity index (χ3v) is 4.09. The predicted octanol–water partition coefficient (Wildman–Crippen LogP) is 4.72. The summed E-state index contributed by atoms with van der Waals surface area (Å²) in [6, 6.07) is 8.85. The molecule has 142 valence electrons. The first-order valence-electron chi connectivity index (χ1n) is 7.79. The number of ether oxygens (including phenoxy) is 2. The van der Waals surface area contributed by atoms with Crippen molar-refractivity contribution in [3.8, 4) is 5.75 Å². The van der Waals surface area contributed by atoms with Crippen LogP contribution in [-0.4, -0.2) is 25.1 Å². The lowest BCUT2D eigenvalue weighted by Crippen LogP contribution is -2.29. The molecule has 0 heterocycles. The van der Waals surface area contributed by atoms with Crippen LogP contribution in [-0.2, 0) is 14.3 Å². The van der Waals surface area contributed by atoms with E-state index in [0.717, 1.165) is 6.08 Å². The fraction of sp³-hybridized carbons (Fsp3) is 0.158. The monoisotopic (exact) mass is 411 g/mol. The fourth-order valence-corrected chi connectivity index (χ4v) is 2.56. The molecule has 1 N–H and O–H groups in total. The van der Waals surface area contributed by atoms with Gasteiger partial charge in [-0.05, 0) is 43.3 Å². The smallest absolute Gasteiger partial charge is 0.331 e. The summed E-state index contributed by atoms with van der Waals surface area (Å²) in [5.41, 5.74) is 0.475. The minimum Gasteiger partial charge on any atom is -0.495 e. The Balaban J connectivity index is 1.96. The molecule has 0 spiro atoms. The highest BCUT2D eigenvalue weighted by Gasteiger charge is 2.17. The van der Waals surface area contributed by atoms with Crippen molar-refractivity contribution in [1.29, 1.82) is 0 Å². The van der Waals surface area contributed by atoms with Gasteiger partial charge < -0.3 is 14.8 Å². The summed E-state index contributed by atoms with van der Waals surface area (Å²) in [6.07, 6.45) is 1.10. The van der Waals surface area contributed by atoms with E-state index < -0.39 is 23.8 Å². The van der Waals surface area contributed by atoms with Crippen molar-refractivity contribution in [3.05, 3.63) is 63.9 Å². The summed E-state index contributed by atoms with van der Waals surface area (Å²) in [5.74, 6) is -1.48. The van der Waals surface area contributed by atoms with Crippen LogP contribution in [0, 0.1) is 5.82 Å². The summed E-state index contributed by atoms with van der Waals surface area (Å²) >= 11 is 11.9. The molecule has 0 aliphatic carbocycles. The highest BCUT2D eigenvalue weighted by molar-refractivity contribution is 6.32. The van der Waals surface area contributed by atoms with E-state index in [1.807, 2.05) is 0 Å². The number of halogens is 3. The second-order valence-corrected chi connectivity index (χ2v) is 6.20. The Kier molecular flexibility index (Phi) is 7.21. The van der Waals surface area contributed by atoms with Crippen molar-refractivity contribution >= 4 is 46.8 Å². The molecule has 1 atom stereocenters. The molecule has 2 aromatic carbocycles. The number of anilines is 1. The van der Waals surface area contributed by atoms with Gasteiger partial charge in [-0.3, -0.25) is 4.79 Å². The van der Waals surface area contributed by atoms with Crippen LogP contribution in [0.2, 0.25) is 10.0 Å². The average molecular weight is 412 g/mol. The molecule has 5 nitrogen and oxygen atoms in total. The van der Waals surface area contributed by atoms with E-state index in [-0.39, 0.29) is 10.6 Å². The molecular formula is C19H16Cl2FNO4. The lowest BCUT2D eigenvalue weighted by Gasteiger charge is -2.13. The maximum absolute atomic E-state index is 13.6. The number of rotatable bonds is 6. The van der Waals surface area contributed by atoms with E-state index in [9.17, 15) is 14.0 Å². The number of esters is 1. The van der Waals surface area contributed by atoms with Gasteiger partial charge in [-0.15, -0.1) is 0 Å². The highest BCUT2D eigenvalue weighted by Crippen LogP contribution is 2.27. The SMILES string of the molecule is COc1ccc(NC(=O)[C@@H](C)OC(=O)/C=C/c2c(F)cccc2Cl)cc1Cl. The van der Waals surface area contributed by atoms with Crippen molar-refractivity contribution in [1.82, 2.24) is 0 Å². The average Bonchev–Trinajstić information content (AvgIpc) is 2.61. The van der Waals surface area contributed by atoms with Gasteiger partial charge in [-0.2, -0.15) is 0 Å². The molecule has 8 heteroatoms. The van der Waals surface area contributed by atoms with E-state index >= 15 is 0 Å². The van der Waals surface area contributed by atoms with Crippen LogP contribution < -0.4 is 10.1 Å². The van der Waals surface area contributed by atoms with Crippen LogP contribution in [0.5, 0.6) is 5.75 Å². The van der Waals surface area contributed by atoms with Gasteiger partial charge in [0.15, 0.2) is 6.10 Å². The van der Waals surface area contributed by atoms with E-state index in [1.54, 1.807) is 12.1 Å². The molecule has 0 aliphatic heterocycles. The molecule has 0 fully saturated rings. The third-order valence-electron chi connectivity index (χ3n) is 3.47. The molecule has 27 heavy (non-hydrogen) atoms. The highest BCUT2D eigenvalue weighted by atomic mass is 35.5. The van der Waals surface area contributed by atoms with Crippen LogP contribution in [0.1, 0.15) is 12.5 Å². The van der Waals surface area contributed by atoms with E-state index in [1.165, 1.54) is 44.4 Å². The zero-order valence-electron chi connectivity index (χ0n) is 14.5. The molecule has 0 aromatic heterocycles. The topological polar surface area (TPSA) is 64.6 Å². The zero-order valence-corrected chi connectivity index (χ0v) is 16.0. The Labute approximate surface area is 165 Å². The maximum atomic E-state index is 13.6. The van der Waals surface area contributed by atoms with Gasteiger partial charge in [0.25, 0.3) is 5.91 Å². The molecule has 0 bridgehead atoms. The summed E-state index contributed by atoms with van der Waals surface area (Å²) in [4.78, 5) is 24.0. The molecule has 0 unspecified atom stereocenters. The minimum atomic E-state index is -1.08. The Hall–Kier alpha value is -2.57. The van der Waals surface area contributed by atoms with Gasteiger partial charge in [0.05, 0.1) is 17.2 Å². The van der Waals surface area contributed by atoms with Gasteiger partial charge in [0, 0.05) is 17.3 Å². The van der Waals surface area contributed by atoms with Gasteiger partial charge in [-0.25, -0.2) is 9.18 Å². The lowest BCUT2D eigenvalue weighted by molar-refractivity contribution is -0.148. The van der Waals surface area contributed by atoms with Crippen molar-refractivity contribution in [2.75, 3.05) is 12.4 Å². The lowest BCUT2D eigenvalue weighted by atomic mass is 10.2. The largest absolute Gasteiger partial charge is 0.495 e. The van der Waals surface area contributed by atoms with Crippen LogP contribution in [0.15, 0.2) is 42.5 Å². The van der Waals surface area contributed by atoms with Crippen molar-refractivity contribution in [3.63, 3.8) is 0 Å². The first-order valence-corrected chi connectivity index (χ1v) is 8.54. The predicted molar refractivity (Wildman–Crippen MR) is 103 cm³/mol. The Morgan fingerprint density at radius 1 is 1.19 bits per heavy atom. The standard InChI is InChI=1S/C19H16Cl2FNO4/c1-11(19(25)23-12-6-8-17(26-2)15(21)10-12)27-18(24)9-7-13-14(20)4-3-5-16(13)22/h3-11H,1-2H3,(H,23,25)/b9-7+/t11-/m1/s1. The van der Waals surface area contributed by atoms with Crippen LogP contribution in [0.25, 0.3) is 6.08 Å². The number of hydrogen-bond acceptors (Lipinski definition) is 4. The first-order chi connectivity index (χ1) is 12.8. The van der Waals surface area contributed by atoms with E-state index in [2.05, 4.69) is 5.32 Å². The number of hydrogen-bond donors (Lipinski definition) is 1. The molecule has 2 aromatic rings. The van der Waals surface area contributed by atoms with Crippen molar-refractivity contribution in [2.24, 2.45) is 0 Å². The van der Waals surface area contributed by atoms with E-state index in [0.29, 0.717) is 16.5 Å². The Bertz CT molecular complexity index is 866. The van der Waals surface area contributed by atoms with Crippen LogP contribution >= 0.6 is 23.2 Å². The number of benzene rings is 2. The molecule has 0 saturated carbocycles. The summed E-state index contributed by atoms with van der Waals surface area (Å²) in [7, 11) is 1.48. The van der Waals surface area contributed by atoms with Gasteiger partial charge in [0.1, 0.15) is 11.6 Å². The second kappa shape index (κ2) is 9.39. The minimum absolute atomic E-state index is 0.0566. The number of amides is 1.